The van der Waals surface area contributed by atoms with Crippen LogP contribution in [0.1, 0.15) is 62.7 Å². The van der Waals surface area contributed by atoms with E-state index in [9.17, 15) is 14.4 Å². The summed E-state index contributed by atoms with van der Waals surface area (Å²) in [5.74, 6) is 0.0000390. The highest BCUT2D eigenvalue weighted by atomic mass is 32.1. The minimum Gasteiger partial charge on any atom is -0.348 e. The Morgan fingerprint density at radius 2 is 1.78 bits per heavy atom. The first-order valence-electron chi connectivity index (χ1n) is 9.50. The second-order valence-electron chi connectivity index (χ2n) is 8.55. The van der Waals surface area contributed by atoms with E-state index in [1.165, 1.54) is 11.3 Å². The van der Waals surface area contributed by atoms with Crippen LogP contribution in [0.2, 0.25) is 0 Å². The van der Waals surface area contributed by atoms with Crippen LogP contribution in [0.3, 0.4) is 0 Å². The number of amides is 3. The molecule has 150 valence electrons. The van der Waals surface area contributed by atoms with Crippen LogP contribution in [0, 0.1) is 18.3 Å². The second-order valence-corrected chi connectivity index (χ2v) is 9.61. The maximum Gasteiger partial charge on any atom is 0.261 e. The van der Waals surface area contributed by atoms with E-state index in [0.717, 1.165) is 18.4 Å². The molecule has 1 aromatic heterocycles. The summed E-state index contributed by atoms with van der Waals surface area (Å²) in [6, 6.07) is 1.91. The van der Waals surface area contributed by atoms with E-state index < -0.39 is 5.41 Å². The summed E-state index contributed by atoms with van der Waals surface area (Å²) in [5, 5.41) is 6.66. The fraction of sp³-hybridized carbons (Fsp3) is 0.650. The van der Waals surface area contributed by atoms with Gasteiger partial charge < -0.3 is 15.5 Å². The summed E-state index contributed by atoms with van der Waals surface area (Å²) in [6.07, 6.45) is 1.53. The lowest BCUT2D eigenvalue weighted by molar-refractivity contribution is -0.135. The number of anilines is 1. The van der Waals surface area contributed by atoms with E-state index in [2.05, 4.69) is 10.6 Å². The maximum absolute atomic E-state index is 12.7. The number of nitrogens with one attached hydrogen (secondary N) is 2. The van der Waals surface area contributed by atoms with Gasteiger partial charge in [0.1, 0.15) is 0 Å². The number of nitrogens with zero attached hydrogens (tertiary/aromatic N) is 1. The third-order valence-electron chi connectivity index (χ3n) is 4.68. The number of carbonyl (C=O) groups is 3. The Hall–Kier alpha value is -1.89. The van der Waals surface area contributed by atoms with Gasteiger partial charge in [-0.2, -0.15) is 0 Å². The highest BCUT2D eigenvalue weighted by Gasteiger charge is 2.27. The number of carbonyl (C=O) groups excluding carboxylic acids is 3. The number of aryl methyl sites for hydroxylation is 1. The van der Waals surface area contributed by atoms with Crippen molar-refractivity contribution < 1.29 is 14.4 Å². The van der Waals surface area contributed by atoms with Crippen LogP contribution in [-0.2, 0) is 9.59 Å². The van der Waals surface area contributed by atoms with E-state index >= 15 is 0 Å². The largest absolute Gasteiger partial charge is 0.348 e. The molecule has 1 fully saturated rings. The number of rotatable bonds is 4. The van der Waals surface area contributed by atoms with E-state index in [1.54, 1.807) is 0 Å². The van der Waals surface area contributed by atoms with Gasteiger partial charge in [-0.05, 0) is 31.4 Å². The van der Waals surface area contributed by atoms with Crippen molar-refractivity contribution in [1.29, 1.82) is 0 Å². The molecule has 2 heterocycles. The summed E-state index contributed by atoms with van der Waals surface area (Å²) >= 11 is 1.30. The van der Waals surface area contributed by atoms with E-state index in [-0.39, 0.29) is 29.7 Å². The van der Waals surface area contributed by atoms with Crippen molar-refractivity contribution >= 4 is 34.1 Å². The number of hydrogen-bond donors (Lipinski definition) is 2. The third-order valence-corrected chi connectivity index (χ3v) is 5.83. The number of likely N-dealkylation sites (tertiary alicyclic amines) is 1. The Kier molecular flexibility index (Phi) is 6.68. The van der Waals surface area contributed by atoms with E-state index in [1.807, 2.05) is 52.5 Å². The molecule has 0 radical (unpaired) electrons. The molecule has 1 aromatic rings. The molecular weight excluding hydrogens is 362 g/mol. The molecule has 0 spiro atoms. The maximum atomic E-state index is 12.7. The fourth-order valence-electron chi connectivity index (χ4n) is 2.93. The van der Waals surface area contributed by atoms with Crippen molar-refractivity contribution in [3.05, 3.63) is 16.5 Å². The summed E-state index contributed by atoms with van der Waals surface area (Å²) in [7, 11) is 0. The molecule has 3 amide bonds. The predicted octanol–water partition coefficient (Wildman–Crippen LogP) is 3.42. The minimum atomic E-state index is -0.484. The highest BCUT2D eigenvalue weighted by Crippen LogP contribution is 2.28. The van der Waals surface area contributed by atoms with Gasteiger partial charge in [-0.1, -0.05) is 34.6 Å². The molecule has 0 aromatic carbocycles. The fourth-order valence-corrected chi connectivity index (χ4v) is 3.90. The Bertz CT molecular complexity index is 711. The summed E-state index contributed by atoms with van der Waals surface area (Å²) in [6.45, 7) is 12.6. The molecular formula is C20H31N3O3S. The van der Waals surface area contributed by atoms with E-state index in [0.29, 0.717) is 23.0 Å². The zero-order valence-corrected chi connectivity index (χ0v) is 18.0. The predicted molar refractivity (Wildman–Crippen MR) is 109 cm³/mol. The Morgan fingerprint density at radius 3 is 2.30 bits per heavy atom. The van der Waals surface area contributed by atoms with Crippen LogP contribution in [0.5, 0.6) is 0 Å². The van der Waals surface area contributed by atoms with Crippen LogP contribution in [0.25, 0.3) is 0 Å². The van der Waals surface area contributed by atoms with Gasteiger partial charge in [0.15, 0.2) is 0 Å². The van der Waals surface area contributed by atoms with Crippen molar-refractivity contribution in [2.24, 2.45) is 11.3 Å². The molecule has 0 bridgehead atoms. The Balaban J connectivity index is 1.93. The molecule has 27 heavy (non-hydrogen) atoms. The quantitative estimate of drug-likeness (QED) is 0.823. The SMILES string of the molecule is Cc1cc(NC(=O)C(C)(C)C)sc1C(=O)NC1CCN(C(=O)C(C)C)CC1. The average molecular weight is 394 g/mol. The molecule has 0 saturated carbocycles. The molecule has 1 saturated heterocycles. The van der Waals surface area contributed by atoms with Crippen LogP contribution in [-0.4, -0.2) is 41.8 Å². The minimum absolute atomic E-state index is 0.00615. The van der Waals surface area contributed by atoms with Gasteiger partial charge in [-0.3, -0.25) is 14.4 Å². The number of hydrogen-bond acceptors (Lipinski definition) is 4. The highest BCUT2D eigenvalue weighted by molar-refractivity contribution is 7.18. The summed E-state index contributed by atoms with van der Waals surface area (Å²) < 4.78 is 0. The second kappa shape index (κ2) is 8.42. The lowest BCUT2D eigenvalue weighted by Gasteiger charge is -2.33. The smallest absolute Gasteiger partial charge is 0.261 e. The van der Waals surface area contributed by atoms with Crippen LogP contribution < -0.4 is 10.6 Å². The molecule has 2 N–H and O–H groups in total. The molecule has 1 aliphatic rings. The first-order valence-corrected chi connectivity index (χ1v) is 10.3. The monoisotopic (exact) mass is 393 g/mol. The lowest BCUT2D eigenvalue weighted by atomic mass is 9.96. The lowest BCUT2D eigenvalue weighted by Crippen LogP contribution is -2.47. The van der Waals surface area contributed by atoms with E-state index in [4.69, 9.17) is 0 Å². The molecule has 0 atom stereocenters. The van der Waals surface area contributed by atoms with Gasteiger partial charge in [0.2, 0.25) is 11.8 Å². The first kappa shape index (κ1) is 21.4. The normalized spacial score (nSPS) is 15.7. The zero-order chi connectivity index (χ0) is 20.4. The van der Waals surface area contributed by atoms with Crippen LogP contribution >= 0.6 is 11.3 Å². The molecule has 1 aliphatic heterocycles. The molecule has 0 aliphatic carbocycles. The van der Waals surface area contributed by atoms with Crippen molar-refractivity contribution in [3.8, 4) is 0 Å². The average Bonchev–Trinajstić information content (AvgIpc) is 2.94. The third kappa shape index (κ3) is 5.54. The van der Waals surface area contributed by atoms with Crippen LogP contribution in [0.15, 0.2) is 6.07 Å². The first-order chi connectivity index (χ1) is 12.5. The van der Waals surface area contributed by atoms with Gasteiger partial charge in [-0.25, -0.2) is 0 Å². The van der Waals surface area contributed by atoms with Gasteiger partial charge in [0.05, 0.1) is 9.88 Å². The van der Waals surface area contributed by atoms with Gasteiger partial charge in [-0.15, -0.1) is 11.3 Å². The molecule has 0 unspecified atom stereocenters. The molecule has 2 rings (SSSR count). The number of piperidine rings is 1. The molecule has 7 heteroatoms. The van der Waals surface area contributed by atoms with Crippen molar-refractivity contribution in [3.63, 3.8) is 0 Å². The molecule has 6 nitrogen and oxygen atoms in total. The van der Waals surface area contributed by atoms with Gasteiger partial charge in [0.25, 0.3) is 5.91 Å². The van der Waals surface area contributed by atoms with Gasteiger partial charge in [0, 0.05) is 30.5 Å². The van der Waals surface area contributed by atoms with Crippen molar-refractivity contribution in [2.45, 2.75) is 60.4 Å². The summed E-state index contributed by atoms with van der Waals surface area (Å²) in [4.78, 5) is 39.4. The number of thiophene rings is 1. The topological polar surface area (TPSA) is 78.5 Å². The standard InChI is InChI=1S/C20H31N3O3S/c1-12(2)18(25)23-9-7-14(8-10-23)21-17(24)16-13(3)11-15(27-16)22-19(26)20(4,5)6/h11-12,14H,7-10H2,1-6H3,(H,21,24)(H,22,26). The zero-order valence-electron chi connectivity index (χ0n) is 17.1. The Labute approximate surface area is 165 Å². The van der Waals surface area contributed by atoms with Crippen molar-refractivity contribution in [2.75, 3.05) is 18.4 Å². The van der Waals surface area contributed by atoms with Crippen LogP contribution in [0.4, 0.5) is 5.00 Å². The Morgan fingerprint density at radius 1 is 1.19 bits per heavy atom. The van der Waals surface area contributed by atoms with Gasteiger partial charge >= 0.3 is 0 Å². The van der Waals surface area contributed by atoms with Crippen molar-refractivity contribution in [1.82, 2.24) is 10.2 Å². The summed E-state index contributed by atoms with van der Waals surface area (Å²) in [5.41, 5.74) is 0.371.